The lowest BCUT2D eigenvalue weighted by molar-refractivity contribution is -0.112. The molecule has 0 aliphatic heterocycles. The highest BCUT2D eigenvalue weighted by Crippen LogP contribution is 2.29. The third-order valence-corrected chi connectivity index (χ3v) is 4.17. The molecule has 0 aliphatic carbocycles. The van der Waals surface area contributed by atoms with Crippen molar-refractivity contribution in [3.63, 3.8) is 0 Å². The summed E-state index contributed by atoms with van der Waals surface area (Å²) in [6, 6.07) is 13.9. The van der Waals surface area contributed by atoms with Gasteiger partial charge in [0.1, 0.15) is 11.6 Å². The predicted octanol–water partition coefficient (Wildman–Crippen LogP) is 5.32. The lowest BCUT2D eigenvalue weighted by Gasteiger charge is -2.12. The van der Waals surface area contributed by atoms with Gasteiger partial charge in [-0.3, -0.25) is 4.79 Å². The number of nitriles is 1. The molecule has 0 saturated carbocycles. The first-order valence-electron chi connectivity index (χ1n) is 8.92. The molecule has 0 atom stereocenters. The maximum Gasteiger partial charge on any atom is 0.266 e. The molecule has 0 bridgehead atoms. The Bertz CT molecular complexity index is 884. The van der Waals surface area contributed by atoms with Crippen molar-refractivity contribution >= 4 is 29.3 Å². The van der Waals surface area contributed by atoms with Crippen LogP contribution in [0.15, 0.2) is 48.0 Å². The molecule has 0 fully saturated rings. The zero-order chi connectivity index (χ0) is 20.5. The molecule has 2 rings (SSSR count). The fraction of sp³-hybridized carbons (Fsp3) is 0.273. The smallest absolute Gasteiger partial charge is 0.266 e. The Kier molecular flexibility index (Phi) is 7.91. The van der Waals surface area contributed by atoms with Gasteiger partial charge < -0.3 is 14.8 Å². The molecule has 5 nitrogen and oxygen atoms in total. The van der Waals surface area contributed by atoms with Gasteiger partial charge in [-0.1, -0.05) is 31.5 Å². The van der Waals surface area contributed by atoms with Gasteiger partial charge in [-0.15, -0.1) is 0 Å². The van der Waals surface area contributed by atoms with Crippen LogP contribution in [0, 0.1) is 17.2 Å². The molecule has 1 amide bonds. The van der Waals surface area contributed by atoms with Gasteiger partial charge in [-0.05, 0) is 60.4 Å². The SMILES string of the molecule is COc1cc(/C=C(\C#N)C(=O)Nc2ccc(Cl)cc2)ccc1OCCC(C)C. The van der Waals surface area contributed by atoms with Crippen LogP contribution in [0.4, 0.5) is 5.69 Å². The Morgan fingerprint density at radius 1 is 1.21 bits per heavy atom. The summed E-state index contributed by atoms with van der Waals surface area (Å²) in [6.07, 6.45) is 2.44. The first kappa shape index (κ1) is 21.3. The van der Waals surface area contributed by atoms with Crippen molar-refractivity contribution < 1.29 is 14.3 Å². The first-order chi connectivity index (χ1) is 13.4. The number of nitrogens with zero attached hydrogens (tertiary/aromatic N) is 1. The Hall–Kier alpha value is -2.97. The Morgan fingerprint density at radius 3 is 2.54 bits per heavy atom. The van der Waals surface area contributed by atoms with Gasteiger partial charge in [-0.2, -0.15) is 5.26 Å². The molecule has 0 aliphatic rings. The molecule has 28 heavy (non-hydrogen) atoms. The lowest BCUT2D eigenvalue weighted by Crippen LogP contribution is -2.13. The average Bonchev–Trinajstić information content (AvgIpc) is 2.68. The second-order valence-electron chi connectivity index (χ2n) is 6.57. The van der Waals surface area contributed by atoms with Gasteiger partial charge in [0.2, 0.25) is 0 Å². The van der Waals surface area contributed by atoms with Crippen molar-refractivity contribution in [2.75, 3.05) is 19.0 Å². The van der Waals surface area contributed by atoms with Gasteiger partial charge in [0.15, 0.2) is 11.5 Å². The van der Waals surface area contributed by atoms with E-state index in [-0.39, 0.29) is 5.57 Å². The van der Waals surface area contributed by atoms with Crippen LogP contribution in [0.25, 0.3) is 6.08 Å². The second kappa shape index (κ2) is 10.4. The van der Waals surface area contributed by atoms with Crippen molar-refractivity contribution in [3.8, 4) is 17.6 Å². The van der Waals surface area contributed by atoms with Crippen LogP contribution in [0.5, 0.6) is 11.5 Å². The standard InChI is InChI=1S/C22H23ClN2O3/c1-15(2)10-11-28-20-9-4-16(13-21(20)27-3)12-17(14-24)22(26)25-19-7-5-18(23)6-8-19/h4-9,12-13,15H,10-11H2,1-3H3,(H,25,26)/b17-12+. The van der Waals surface area contributed by atoms with Gasteiger partial charge in [0, 0.05) is 10.7 Å². The average molecular weight is 399 g/mol. The summed E-state index contributed by atoms with van der Waals surface area (Å²) in [5, 5.41) is 12.6. The van der Waals surface area contributed by atoms with Crippen LogP contribution >= 0.6 is 11.6 Å². The van der Waals surface area contributed by atoms with E-state index in [4.69, 9.17) is 21.1 Å². The molecule has 2 aromatic carbocycles. The number of nitrogens with one attached hydrogen (secondary N) is 1. The fourth-order valence-corrected chi connectivity index (χ4v) is 2.47. The molecule has 0 heterocycles. The van der Waals surface area contributed by atoms with Gasteiger partial charge >= 0.3 is 0 Å². The highest BCUT2D eigenvalue weighted by molar-refractivity contribution is 6.30. The summed E-state index contributed by atoms with van der Waals surface area (Å²) in [5.41, 5.74) is 1.20. The van der Waals surface area contributed by atoms with E-state index < -0.39 is 5.91 Å². The van der Waals surface area contributed by atoms with Crippen LogP contribution in [-0.4, -0.2) is 19.6 Å². The van der Waals surface area contributed by atoms with Crippen LogP contribution < -0.4 is 14.8 Å². The predicted molar refractivity (Wildman–Crippen MR) is 112 cm³/mol. The Labute approximate surface area is 170 Å². The molecule has 146 valence electrons. The van der Waals surface area contributed by atoms with Crippen LogP contribution in [0.1, 0.15) is 25.8 Å². The van der Waals surface area contributed by atoms with E-state index in [0.717, 1.165) is 6.42 Å². The number of hydrogen-bond donors (Lipinski definition) is 1. The minimum absolute atomic E-state index is 0.0227. The quantitative estimate of drug-likeness (QED) is 0.482. The van der Waals surface area contributed by atoms with Crippen molar-refractivity contribution in [3.05, 3.63) is 58.6 Å². The van der Waals surface area contributed by atoms with E-state index in [0.29, 0.717) is 40.3 Å². The van der Waals surface area contributed by atoms with E-state index in [9.17, 15) is 10.1 Å². The molecule has 0 radical (unpaired) electrons. The Balaban J connectivity index is 2.15. The summed E-state index contributed by atoms with van der Waals surface area (Å²) in [7, 11) is 1.55. The highest BCUT2D eigenvalue weighted by atomic mass is 35.5. The van der Waals surface area contributed by atoms with Crippen LogP contribution in [-0.2, 0) is 4.79 Å². The molecular weight excluding hydrogens is 376 g/mol. The third-order valence-electron chi connectivity index (χ3n) is 3.92. The van der Waals surface area contributed by atoms with Gasteiger partial charge in [-0.25, -0.2) is 0 Å². The molecule has 0 aromatic heterocycles. The number of carbonyl (C=O) groups is 1. The topological polar surface area (TPSA) is 71.3 Å². The monoisotopic (exact) mass is 398 g/mol. The molecular formula is C22H23ClN2O3. The number of benzene rings is 2. The normalized spacial score (nSPS) is 11.1. The summed E-state index contributed by atoms with van der Waals surface area (Å²) >= 11 is 5.84. The number of rotatable bonds is 8. The molecule has 0 spiro atoms. The zero-order valence-corrected chi connectivity index (χ0v) is 16.9. The van der Waals surface area contributed by atoms with Crippen molar-refractivity contribution in [2.24, 2.45) is 5.92 Å². The number of amides is 1. The maximum absolute atomic E-state index is 12.4. The summed E-state index contributed by atoms with van der Waals surface area (Å²) < 4.78 is 11.1. The first-order valence-corrected chi connectivity index (χ1v) is 9.30. The van der Waals surface area contributed by atoms with Crippen molar-refractivity contribution in [1.82, 2.24) is 0 Å². The van der Waals surface area contributed by atoms with E-state index in [1.807, 2.05) is 6.07 Å². The van der Waals surface area contributed by atoms with Crippen molar-refractivity contribution in [2.45, 2.75) is 20.3 Å². The number of anilines is 1. The largest absolute Gasteiger partial charge is 0.493 e. The van der Waals surface area contributed by atoms with Crippen LogP contribution in [0.2, 0.25) is 5.02 Å². The van der Waals surface area contributed by atoms with Gasteiger partial charge in [0.25, 0.3) is 5.91 Å². The number of ether oxygens (including phenoxy) is 2. The zero-order valence-electron chi connectivity index (χ0n) is 16.2. The second-order valence-corrected chi connectivity index (χ2v) is 7.01. The lowest BCUT2D eigenvalue weighted by atomic mass is 10.1. The molecule has 1 N–H and O–H groups in total. The summed E-state index contributed by atoms with van der Waals surface area (Å²) in [5.74, 6) is 1.23. The maximum atomic E-state index is 12.4. The van der Waals surface area contributed by atoms with Crippen molar-refractivity contribution in [1.29, 1.82) is 5.26 Å². The number of halogens is 1. The number of hydrogen-bond acceptors (Lipinski definition) is 4. The molecule has 2 aromatic rings. The summed E-state index contributed by atoms with van der Waals surface area (Å²) in [4.78, 5) is 12.4. The Morgan fingerprint density at radius 2 is 1.93 bits per heavy atom. The van der Waals surface area contributed by atoms with E-state index in [1.165, 1.54) is 6.08 Å². The molecule has 0 saturated heterocycles. The van der Waals surface area contributed by atoms with E-state index in [1.54, 1.807) is 49.6 Å². The third kappa shape index (κ3) is 6.33. The van der Waals surface area contributed by atoms with E-state index in [2.05, 4.69) is 19.2 Å². The highest BCUT2D eigenvalue weighted by Gasteiger charge is 2.11. The number of methoxy groups -OCH3 is 1. The fourth-order valence-electron chi connectivity index (χ4n) is 2.34. The van der Waals surface area contributed by atoms with E-state index >= 15 is 0 Å². The summed E-state index contributed by atoms with van der Waals surface area (Å²) in [6.45, 7) is 4.86. The van der Waals surface area contributed by atoms with Crippen LogP contribution in [0.3, 0.4) is 0 Å². The molecule has 6 heteroatoms. The number of carbonyl (C=O) groups excluding carboxylic acids is 1. The molecule has 0 unspecified atom stereocenters. The minimum atomic E-state index is -0.499. The minimum Gasteiger partial charge on any atom is -0.493 e. The van der Waals surface area contributed by atoms with Gasteiger partial charge in [0.05, 0.1) is 13.7 Å².